The molecule has 0 aliphatic carbocycles. The number of carboxylic acid groups (broad SMARTS) is 1. The quantitative estimate of drug-likeness (QED) is 0.830. The smallest absolute Gasteiger partial charge is 0.338 e. The van der Waals surface area contributed by atoms with Gasteiger partial charge in [-0.1, -0.05) is 6.07 Å². The lowest BCUT2D eigenvalue weighted by molar-refractivity contribution is 0.0697. The highest BCUT2D eigenvalue weighted by Gasteiger charge is 2.15. The van der Waals surface area contributed by atoms with Crippen LogP contribution in [0.2, 0.25) is 0 Å². The van der Waals surface area contributed by atoms with E-state index in [1.165, 1.54) is 0 Å². The molecule has 1 atom stereocenters. The minimum Gasteiger partial charge on any atom is -0.478 e. The molecule has 2 rings (SSSR count). The third-order valence-corrected chi connectivity index (χ3v) is 3.69. The molecule has 2 aromatic rings. The predicted molar refractivity (Wildman–Crippen MR) is 81.2 cm³/mol. The Labute approximate surface area is 125 Å². The van der Waals surface area contributed by atoms with Crippen LogP contribution in [-0.2, 0) is 6.42 Å². The Hall–Kier alpha value is -1.75. The van der Waals surface area contributed by atoms with Crippen LogP contribution >= 0.6 is 15.9 Å². The zero-order valence-electron chi connectivity index (χ0n) is 11.1. The van der Waals surface area contributed by atoms with Crippen LogP contribution in [0.4, 0.5) is 5.69 Å². The van der Waals surface area contributed by atoms with Gasteiger partial charge in [-0.2, -0.15) is 0 Å². The zero-order valence-corrected chi connectivity index (χ0v) is 12.7. The number of hydrogen-bond acceptors (Lipinski definition) is 3. The first-order valence-electron chi connectivity index (χ1n) is 6.38. The second-order valence-electron chi connectivity index (χ2n) is 4.63. The van der Waals surface area contributed by atoms with Crippen molar-refractivity contribution in [1.29, 1.82) is 0 Å². The fourth-order valence-corrected chi connectivity index (χ4v) is 2.55. The van der Waals surface area contributed by atoms with Crippen LogP contribution in [0.3, 0.4) is 0 Å². The van der Waals surface area contributed by atoms with E-state index in [2.05, 4.69) is 21.2 Å². The Balaban J connectivity index is 2.02. The van der Waals surface area contributed by atoms with Crippen LogP contribution < -0.4 is 5.32 Å². The molecule has 1 aromatic heterocycles. The SMILES string of the molecule is CC(CCc1ccco1)Nc1cccc(Br)c1C(=O)O. The number of halogens is 1. The van der Waals surface area contributed by atoms with Crippen molar-refractivity contribution in [3.8, 4) is 0 Å². The molecule has 0 saturated carbocycles. The van der Waals surface area contributed by atoms with Crippen LogP contribution in [0.5, 0.6) is 0 Å². The molecule has 1 aromatic carbocycles. The fraction of sp³-hybridized carbons (Fsp3) is 0.267. The average Bonchev–Trinajstić information content (AvgIpc) is 2.89. The predicted octanol–water partition coefficient (Wildman–Crippen LogP) is 4.17. The van der Waals surface area contributed by atoms with Crippen LogP contribution in [0.15, 0.2) is 45.5 Å². The van der Waals surface area contributed by atoms with E-state index in [-0.39, 0.29) is 11.6 Å². The summed E-state index contributed by atoms with van der Waals surface area (Å²) < 4.78 is 5.86. The van der Waals surface area contributed by atoms with Crippen LogP contribution in [0, 0.1) is 0 Å². The summed E-state index contributed by atoms with van der Waals surface area (Å²) in [4.78, 5) is 11.3. The summed E-state index contributed by atoms with van der Waals surface area (Å²) in [7, 11) is 0. The van der Waals surface area contributed by atoms with Gasteiger partial charge < -0.3 is 14.8 Å². The summed E-state index contributed by atoms with van der Waals surface area (Å²) in [5, 5.41) is 12.5. The number of nitrogens with one attached hydrogen (secondary N) is 1. The van der Waals surface area contributed by atoms with E-state index in [9.17, 15) is 9.90 Å². The molecule has 0 fully saturated rings. The molecule has 1 heterocycles. The molecule has 0 aliphatic rings. The second-order valence-corrected chi connectivity index (χ2v) is 5.49. The molecular formula is C15H16BrNO3. The monoisotopic (exact) mass is 337 g/mol. The summed E-state index contributed by atoms with van der Waals surface area (Å²) >= 11 is 3.27. The normalized spacial score (nSPS) is 12.1. The van der Waals surface area contributed by atoms with Gasteiger partial charge in [0.05, 0.1) is 17.5 Å². The summed E-state index contributed by atoms with van der Waals surface area (Å²) in [5.74, 6) is -0.00967. The van der Waals surface area contributed by atoms with Crippen LogP contribution in [-0.4, -0.2) is 17.1 Å². The van der Waals surface area contributed by atoms with E-state index in [0.29, 0.717) is 10.2 Å². The van der Waals surface area contributed by atoms with Gasteiger partial charge in [-0.25, -0.2) is 4.79 Å². The molecule has 106 valence electrons. The molecule has 0 aliphatic heterocycles. The van der Waals surface area contributed by atoms with Gasteiger partial charge in [0.15, 0.2) is 0 Å². The van der Waals surface area contributed by atoms with E-state index in [1.807, 2.05) is 25.1 Å². The molecule has 0 saturated heterocycles. The number of hydrogen-bond donors (Lipinski definition) is 2. The number of benzene rings is 1. The van der Waals surface area contributed by atoms with Crippen molar-refractivity contribution in [1.82, 2.24) is 0 Å². The maximum absolute atomic E-state index is 11.3. The van der Waals surface area contributed by atoms with Gasteiger partial charge in [-0.15, -0.1) is 0 Å². The van der Waals surface area contributed by atoms with Gasteiger partial charge in [0.1, 0.15) is 5.76 Å². The van der Waals surface area contributed by atoms with Crippen molar-refractivity contribution in [3.05, 3.63) is 52.4 Å². The Morgan fingerprint density at radius 3 is 2.85 bits per heavy atom. The van der Waals surface area contributed by atoms with Crippen molar-refractivity contribution in [2.75, 3.05) is 5.32 Å². The molecule has 5 heteroatoms. The number of carboxylic acids is 1. The van der Waals surface area contributed by atoms with Gasteiger partial charge in [0.25, 0.3) is 0 Å². The average molecular weight is 338 g/mol. The Morgan fingerprint density at radius 2 is 2.20 bits per heavy atom. The van der Waals surface area contributed by atoms with Gasteiger partial charge in [0.2, 0.25) is 0 Å². The third-order valence-electron chi connectivity index (χ3n) is 3.03. The number of aromatic carboxylic acids is 1. The second kappa shape index (κ2) is 6.61. The largest absolute Gasteiger partial charge is 0.478 e. The lowest BCUT2D eigenvalue weighted by Gasteiger charge is -2.17. The van der Waals surface area contributed by atoms with Crippen molar-refractivity contribution in [2.45, 2.75) is 25.8 Å². The first-order chi connectivity index (χ1) is 9.58. The lowest BCUT2D eigenvalue weighted by atomic mass is 10.1. The summed E-state index contributed by atoms with van der Waals surface area (Å²) in [6.07, 6.45) is 3.33. The van der Waals surface area contributed by atoms with Gasteiger partial charge >= 0.3 is 5.97 Å². The Bertz CT molecular complexity index is 581. The first kappa shape index (κ1) is 14.7. The maximum Gasteiger partial charge on any atom is 0.338 e. The van der Waals surface area contributed by atoms with Gasteiger partial charge in [0, 0.05) is 16.9 Å². The number of furan rings is 1. The highest BCUT2D eigenvalue weighted by Crippen LogP contribution is 2.25. The van der Waals surface area contributed by atoms with Crippen molar-refractivity contribution < 1.29 is 14.3 Å². The van der Waals surface area contributed by atoms with Crippen LogP contribution in [0.25, 0.3) is 0 Å². The molecule has 4 nitrogen and oxygen atoms in total. The van der Waals surface area contributed by atoms with Crippen molar-refractivity contribution in [3.63, 3.8) is 0 Å². The lowest BCUT2D eigenvalue weighted by Crippen LogP contribution is -2.18. The van der Waals surface area contributed by atoms with Gasteiger partial charge in [-0.3, -0.25) is 0 Å². The number of aryl methyl sites for hydroxylation is 1. The molecule has 0 spiro atoms. The van der Waals surface area contributed by atoms with Crippen LogP contribution in [0.1, 0.15) is 29.5 Å². The zero-order chi connectivity index (χ0) is 14.5. The van der Waals surface area contributed by atoms with E-state index in [0.717, 1.165) is 18.6 Å². The first-order valence-corrected chi connectivity index (χ1v) is 7.18. The van der Waals surface area contributed by atoms with E-state index in [4.69, 9.17) is 4.42 Å². The summed E-state index contributed by atoms with van der Waals surface area (Å²) in [6, 6.07) is 9.27. The molecule has 0 radical (unpaired) electrons. The van der Waals surface area contributed by atoms with E-state index >= 15 is 0 Å². The number of anilines is 1. The summed E-state index contributed by atoms with van der Waals surface area (Å²) in [5.41, 5.74) is 0.885. The van der Waals surface area contributed by atoms with Crippen molar-refractivity contribution >= 4 is 27.6 Å². The maximum atomic E-state index is 11.3. The highest BCUT2D eigenvalue weighted by molar-refractivity contribution is 9.10. The Kier molecular flexibility index (Phi) is 4.84. The van der Waals surface area contributed by atoms with E-state index < -0.39 is 5.97 Å². The third kappa shape index (κ3) is 3.63. The molecule has 0 bridgehead atoms. The number of rotatable bonds is 6. The molecule has 20 heavy (non-hydrogen) atoms. The number of carbonyl (C=O) groups is 1. The molecule has 2 N–H and O–H groups in total. The standard InChI is InChI=1S/C15H16BrNO3/c1-10(7-8-11-4-3-9-20-11)17-13-6-2-5-12(16)14(13)15(18)19/h2-6,9-10,17H,7-8H2,1H3,(H,18,19). The van der Waals surface area contributed by atoms with Crippen molar-refractivity contribution in [2.24, 2.45) is 0 Å². The molecule has 1 unspecified atom stereocenters. The topological polar surface area (TPSA) is 62.5 Å². The van der Waals surface area contributed by atoms with E-state index in [1.54, 1.807) is 18.4 Å². The minimum atomic E-state index is -0.946. The summed E-state index contributed by atoms with van der Waals surface area (Å²) in [6.45, 7) is 2.02. The fourth-order valence-electron chi connectivity index (χ4n) is 2.01. The Morgan fingerprint density at radius 1 is 1.40 bits per heavy atom. The molecular weight excluding hydrogens is 322 g/mol. The minimum absolute atomic E-state index is 0.146. The van der Waals surface area contributed by atoms with Gasteiger partial charge in [-0.05, 0) is 53.5 Å². The molecule has 0 amide bonds. The highest BCUT2D eigenvalue weighted by atomic mass is 79.9.